The van der Waals surface area contributed by atoms with Crippen LogP contribution in [0.1, 0.15) is 100 Å². The second-order valence-corrected chi connectivity index (χ2v) is 14.6. The predicted octanol–water partition coefficient (Wildman–Crippen LogP) is 6.56. The number of likely N-dealkylation sites (tertiary alicyclic amines) is 1. The highest BCUT2D eigenvalue weighted by Crippen LogP contribution is 2.49. The SMILES string of the molecule is CCOC(=O)c1ccc(CCCN2CCC(CN(C(=O)OC(C)(C)C)C3CC3c3ccc4c(c3)C(C)(C)C(=O)N4C)CC2)cc1. The van der Waals surface area contributed by atoms with Crippen molar-refractivity contribution in [3.63, 3.8) is 0 Å². The van der Waals surface area contributed by atoms with Gasteiger partial charge < -0.3 is 24.2 Å². The number of likely N-dealkylation sites (N-methyl/N-ethyl adjacent to an activating group) is 1. The van der Waals surface area contributed by atoms with Crippen LogP contribution in [0.4, 0.5) is 10.5 Å². The Morgan fingerprint density at radius 1 is 1.04 bits per heavy atom. The van der Waals surface area contributed by atoms with E-state index >= 15 is 0 Å². The molecule has 2 aliphatic heterocycles. The zero-order chi connectivity index (χ0) is 32.5. The van der Waals surface area contributed by atoms with Crippen LogP contribution in [0.15, 0.2) is 42.5 Å². The Bertz CT molecular complexity index is 1390. The highest BCUT2D eigenvalue weighted by Gasteiger charge is 2.48. The van der Waals surface area contributed by atoms with Crippen molar-refractivity contribution in [1.29, 1.82) is 0 Å². The van der Waals surface area contributed by atoms with Gasteiger partial charge in [-0.1, -0.05) is 24.3 Å². The molecule has 45 heavy (non-hydrogen) atoms. The third-order valence-corrected chi connectivity index (χ3v) is 9.67. The van der Waals surface area contributed by atoms with E-state index in [0.29, 0.717) is 24.6 Å². The number of amides is 2. The first kappa shape index (κ1) is 33.0. The summed E-state index contributed by atoms with van der Waals surface area (Å²) >= 11 is 0. The molecule has 8 nitrogen and oxygen atoms in total. The van der Waals surface area contributed by atoms with Crippen LogP contribution >= 0.6 is 0 Å². The Hall–Kier alpha value is -3.39. The van der Waals surface area contributed by atoms with Gasteiger partial charge in [-0.3, -0.25) is 4.79 Å². The van der Waals surface area contributed by atoms with E-state index in [1.54, 1.807) is 4.90 Å². The normalized spacial score (nSPS) is 21.4. The summed E-state index contributed by atoms with van der Waals surface area (Å²) in [5.74, 6) is 0.544. The number of carbonyl (C=O) groups is 3. The highest BCUT2D eigenvalue weighted by molar-refractivity contribution is 6.07. The van der Waals surface area contributed by atoms with Crippen LogP contribution in [-0.4, -0.2) is 79.2 Å². The number of hydrogen-bond donors (Lipinski definition) is 0. The van der Waals surface area contributed by atoms with Gasteiger partial charge in [0, 0.05) is 31.2 Å². The standard InChI is InChI=1S/C37H51N3O5/c1-8-44-33(41)27-13-11-25(12-14-27)10-9-19-39-20-17-26(18-21-39)24-40(35(43)45-36(2,3)4)32-23-29(32)28-15-16-31-30(22-28)37(5,6)34(42)38(31)7/h11-16,22,26,29,32H,8-10,17-21,23-24H2,1-7H3. The van der Waals surface area contributed by atoms with Gasteiger partial charge in [-0.2, -0.15) is 0 Å². The van der Waals surface area contributed by atoms with Crippen molar-refractivity contribution >= 4 is 23.7 Å². The van der Waals surface area contributed by atoms with Crippen LogP contribution in [0.3, 0.4) is 0 Å². The molecule has 2 unspecified atom stereocenters. The van der Waals surface area contributed by atoms with Crippen LogP contribution in [0.5, 0.6) is 0 Å². The Morgan fingerprint density at radius 3 is 2.38 bits per heavy atom. The lowest BCUT2D eigenvalue weighted by Crippen LogP contribution is -2.44. The van der Waals surface area contributed by atoms with Gasteiger partial charge >= 0.3 is 12.1 Å². The average molecular weight is 618 g/mol. The number of hydrogen-bond acceptors (Lipinski definition) is 6. The number of fused-ring (bicyclic) bond motifs is 1. The molecule has 0 spiro atoms. The van der Waals surface area contributed by atoms with Crippen molar-refractivity contribution < 1.29 is 23.9 Å². The molecule has 2 heterocycles. The third kappa shape index (κ3) is 7.54. The van der Waals surface area contributed by atoms with Gasteiger partial charge in [-0.05, 0) is 134 Å². The maximum absolute atomic E-state index is 13.5. The molecular formula is C37H51N3O5. The molecule has 2 fully saturated rings. The molecule has 3 aliphatic rings. The van der Waals surface area contributed by atoms with E-state index in [-0.39, 0.29) is 29.9 Å². The van der Waals surface area contributed by atoms with Gasteiger partial charge in [0.2, 0.25) is 5.91 Å². The molecule has 1 aliphatic carbocycles. The average Bonchev–Trinajstić information content (AvgIpc) is 3.77. The molecule has 1 saturated carbocycles. The highest BCUT2D eigenvalue weighted by atomic mass is 16.6. The molecule has 1 saturated heterocycles. The lowest BCUT2D eigenvalue weighted by molar-refractivity contribution is -0.121. The molecule has 8 heteroatoms. The molecule has 2 aromatic carbocycles. The first-order chi connectivity index (χ1) is 21.3. The number of nitrogens with zero attached hydrogens (tertiary/aromatic N) is 3. The van der Waals surface area contributed by atoms with Crippen molar-refractivity contribution in [2.45, 2.75) is 96.6 Å². The van der Waals surface area contributed by atoms with E-state index in [1.165, 1.54) is 11.1 Å². The molecule has 2 amide bonds. The van der Waals surface area contributed by atoms with Crippen molar-refractivity contribution in [2.24, 2.45) is 5.92 Å². The minimum absolute atomic E-state index is 0.115. The zero-order valence-corrected chi connectivity index (χ0v) is 28.2. The van der Waals surface area contributed by atoms with Crippen molar-refractivity contribution in [1.82, 2.24) is 9.80 Å². The Balaban J connectivity index is 1.15. The van der Waals surface area contributed by atoms with E-state index in [9.17, 15) is 14.4 Å². The molecule has 0 bridgehead atoms. The number of piperidine rings is 1. The van der Waals surface area contributed by atoms with Gasteiger partial charge in [0.1, 0.15) is 5.60 Å². The Labute approximate surface area is 269 Å². The van der Waals surface area contributed by atoms with E-state index < -0.39 is 11.0 Å². The fourth-order valence-corrected chi connectivity index (χ4v) is 6.97. The van der Waals surface area contributed by atoms with Crippen LogP contribution < -0.4 is 4.90 Å². The van der Waals surface area contributed by atoms with Gasteiger partial charge in [0.15, 0.2) is 0 Å². The largest absolute Gasteiger partial charge is 0.462 e. The monoisotopic (exact) mass is 617 g/mol. The maximum Gasteiger partial charge on any atom is 0.410 e. The van der Waals surface area contributed by atoms with Gasteiger partial charge in [-0.15, -0.1) is 0 Å². The van der Waals surface area contributed by atoms with E-state index in [1.807, 2.05) is 77.8 Å². The first-order valence-corrected chi connectivity index (χ1v) is 16.7. The van der Waals surface area contributed by atoms with Crippen molar-refractivity contribution in [2.75, 3.05) is 44.7 Å². The smallest absolute Gasteiger partial charge is 0.410 e. The van der Waals surface area contributed by atoms with Crippen LogP contribution in [0.2, 0.25) is 0 Å². The summed E-state index contributed by atoms with van der Waals surface area (Å²) in [6, 6.07) is 14.3. The van der Waals surface area contributed by atoms with Gasteiger partial charge in [0.05, 0.1) is 17.6 Å². The number of esters is 1. The Morgan fingerprint density at radius 2 is 1.73 bits per heavy atom. The molecule has 0 radical (unpaired) electrons. The quantitative estimate of drug-likeness (QED) is 0.281. The Kier molecular flexibility index (Phi) is 9.64. The van der Waals surface area contributed by atoms with Crippen molar-refractivity contribution in [3.05, 3.63) is 64.7 Å². The summed E-state index contributed by atoms with van der Waals surface area (Å²) in [5.41, 5.74) is 3.99. The number of anilines is 1. The topological polar surface area (TPSA) is 79.4 Å². The van der Waals surface area contributed by atoms with Crippen LogP contribution in [0, 0.1) is 5.92 Å². The molecular weight excluding hydrogens is 566 g/mol. The second kappa shape index (κ2) is 13.1. The van der Waals surface area contributed by atoms with Gasteiger partial charge in [-0.25, -0.2) is 9.59 Å². The minimum atomic E-state index is -0.551. The summed E-state index contributed by atoms with van der Waals surface area (Å²) in [6.07, 6.45) is 4.86. The number of benzene rings is 2. The van der Waals surface area contributed by atoms with Gasteiger partial charge in [0.25, 0.3) is 0 Å². The molecule has 0 N–H and O–H groups in total. The maximum atomic E-state index is 13.5. The lowest BCUT2D eigenvalue weighted by Gasteiger charge is -2.36. The fraction of sp³-hybridized carbons (Fsp3) is 0.595. The molecule has 2 aromatic rings. The fourth-order valence-electron chi connectivity index (χ4n) is 6.97. The summed E-state index contributed by atoms with van der Waals surface area (Å²) in [4.78, 5) is 44.5. The second-order valence-electron chi connectivity index (χ2n) is 14.6. The zero-order valence-electron chi connectivity index (χ0n) is 28.2. The molecule has 2 atom stereocenters. The molecule has 244 valence electrons. The van der Waals surface area contributed by atoms with E-state index in [2.05, 4.69) is 23.1 Å². The third-order valence-electron chi connectivity index (χ3n) is 9.67. The predicted molar refractivity (Wildman–Crippen MR) is 177 cm³/mol. The number of aryl methyl sites for hydroxylation is 1. The van der Waals surface area contributed by atoms with Crippen LogP contribution in [-0.2, 0) is 26.1 Å². The van der Waals surface area contributed by atoms with E-state index in [4.69, 9.17) is 9.47 Å². The summed E-state index contributed by atoms with van der Waals surface area (Å²) < 4.78 is 11.0. The molecule has 0 aromatic heterocycles. The summed E-state index contributed by atoms with van der Waals surface area (Å²) in [5, 5.41) is 0. The summed E-state index contributed by atoms with van der Waals surface area (Å²) in [7, 11) is 1.85. The number of rotatable bonds is 10. The lowest BCUT2D eigenvalue weighted by atomic mass is 9.85. The minimum Gasteiger partial charge on any atom is -0.462 e. The van der Waals surface area contributed by atoms with E-state index in [0.717, 1.165) is 63.0 Å². The van der Waals surface area contributed by atoms with Crippen LogP contribution in [0.25, 0.3) is 0 Å². The first-order valence-electron chi connectivity index (χ1n) is 16.7. The summed E-state index contributed by atoms with van der Waals surface area (Å²) in [6.45, 7) is 15.8. The van der Waals surface area contributed by atoms with Crippen molar-refractivity contribution in [3.8, 4) is 0 Å². The number of carbonyl (C=O) groups excluding carboxylic acids is 3. The molecule has 5 rings (SSSR count). The number of ether oxygens (including phenoxy) is 2.